The molecular formula is C24H34N2O2. The van der Waals surface area contributed by atoms with E-state index in [1.54, 1.807) is 11.8 Å². The molecule has 0 fully saturated rings. The lowest BCUT2D eigenvalue weighted by molar-refractivity contribution is -0.127. The molecule has 0 saturated carbocycles. The molecule has 0 unspecified atom stereocenters. The van der Waals surface area contributed by atoms with E-state index in [-0.39, 0.29) is 5.91 Å². The molecular weight excluding hydrogens is 348 g/mol. The average molecular weight is 383 g/mol. The van der Waals surface area contributed by atoms with Crippen LogP contribution >= 0.6 is 0 Å². The minimum atomic E-state index is 0.0557. The molecule has 0 aromatic carbocycles. The molecule has 1 N–H and O–H groups in total. The first-order valence-electron chi connectivity index (χ1n) is 10.2. The topological polar surface area (TPSA) is 41.6 Å². The number of rotatable bonds is 7. The van der Waals surface area contributed by atoms with Gasteiger partial charge in [0.1, 0.15) is 5.76 Å². The van der Waals surface area contributed by atoms with Gasteiger partial charge in [0.15, 0.2) is 0 Å². The van der Waals surface area contributed by atoms with Crippen molar-refractivity contribution in [1.29, 1.82) is 0 Å². The fourth-order valence-corrected chi connectivity index (χ4v) is 3.22. The van der Waals surface area contributed by atoms with E-state index in [1.807, 2.05) is 14.1 Å². The highest BCUT2D eigenvalue weighted by Gasteiger charge is 2.14. The number of likely N-dealkylation sites (N-methyl/N-ethyl adjacent to an activating group) is 2. The lowest BCUT2D eigenvalue weighted by atomic mass is 10.00. The molecule has 0 spiro atoms. The Morgan fingerprint density at radius 2 is 2.00 bits per heavy atom. The zero-order chi connectivity index (χ0) is 20.4. The van der Waals surface area contributed by atoms with Crippen LogP contribution < -0.4 is 5.32 Å². The number of allylic oxidation sites excluding steroid dienone is 8. The van der Waals surface area contributed by atoms with Crippen LogP contribution in [0.2, 0.25) is 0 Å². The van der Waals surface area contributed by atoms with Gasteiger partial charge in [-0.25, -0.2) is 0 Å². The molecule has 2 aliphatic rings. The molecule has 152 valence electrons. The van der Waals surface area contributed by atoms with Crippen LogP contribution in [0, 0.1) is 0 Å². The monoisotopic (exact) mass is 382 g/mol. The number of nitrogens with one attached hydrogen (secondary N) is 1. The maximum atomic E-state index is 11.7. The predicted molar refractivity (Wildman–Crippen MR) is 117 cm³/mol. The summed E-state index contributed by atoms with van der Waals surface area (Å²) in [6.07, 6.45) is 20.0. The maximum absolute atomic E-state index is 11.7. The summed E-state index contributed by atoms with van der Waals surface area (Å²) in [5.74, 6) is 0.904. The summed E-state index contributed by atoms with van der Waals surface area (Å²) in [7, 11) is 3.75. The Kier molecular flexibility index (Phi) is 8.86. The van der Waals surface area contributed by atoms with Crippen molar-refractivity contribution in [2.75, 3.05) is 27.2 Å². The van der Waals surface area contributed by atoms with Crippen molar-refractivity contribution in [3.05, 3.63) is 70.7 Å². The number of nitrogens with zero attached hydrogens (tertiary/aromatic N) is 1. The number of carbonyl (C=O) groups excluding carboxylic acids is 1. The zero-order valence-electron chi connectivity index (χ0n) is 17.8. The van der Waals surface area contributed by atoms with Gasteiger partial charge in [-0.3, -0.25) is 4.79 Å². The van der Waals surface area contributed by atoms with Gasteiger partial charge >= 0.3 is 0 Å². The highest BCUT2D eigenvalue weighted by molar-refractivity contribution is 5.73. The SMILES string of the molecule is CNC1=CCC/C=C(\CN(C)C(C)=O)C(OCCC2=C(C)CC/C=C/C=C2)=C1. The van der Waals surface area contributed by atoms with Crippen molar-refractivity contribution in [2.24, 2.45) is 0 Å². The number of carbonyl (C=O) groups is 1. The van der Waals surface area contributed by atoms with Crippen LogP contribution in [0.3, 0.4) is 0 Å². The number of hydrogen-bond donors (Lipinski definition) is 1. The van der Waals surface area contributed by atoms with E-state index in [0.717, 1.165) is 49.1 Å². The Bertz CT molecular complexity index is 736. The van der Waals surface area contributed by atoms with Gasteiger partial charge in [-0.2, -0.15) is 0 Å². The van der Waals surface area contributed by atoms with Crippen LogP contribution in [0.25, 0.3) is 0 Å². The third-order valence-corrected chi connectivity index (χ3v) is 5.17. The van der Waals surface area contributed by atoms with Crippen molar-refractivity contribution in [1.82, 2.24) is 10.2 Å². The molecule has 0 bridgehead atoms. The normalized spacial score (nSPS) is 20.5. The summed E-state index contributed by atoms with van der Waals surface area (Å²) in [5, 5.41) is 3.23. The van der Waals surface area contributed by atoms with Gasteiger partial charge in [0.25, 0.3) is 0 Å². The minimum absolute atomic E-state index is 0.0557. The molecule has 0 aromatic heterocycles. The Hall–Kier alpha value is -2.49. The smallest absolute Gasteiger partial charge is 0.219 e. The number of amides is 1. The third-order valence-electron chi connectivity index (χ3n) is 5.17. The molecule has 0 atom stereocenters. The second kappa shape index (κ2) is 11.4. The van der Waals surface area contributed by atoms with Crippen molar-refractivity contribution in [3.63, 3.8) is 0 Å². The van der Waals surface area contributed by atoms with Gasteiger partial charge in [-0.15, -0.1) is 0 Å². The van der Waals surface area contributed by atoms with Crippen LogP contribution in [0.4, 0.5) is 0 Å². The van der Waals surface area contributed by atoms with Crippen molar-refractivity contribution in [2.45, 2.75) is 46.0 Å². The van der Waals surface area contributed by atoms with E-state index < -0.39 is 0 Å². The quantitative estimate of drug-likeness (QED) is 0.687. The van der Waals surface area contributed by atoms with Gasteiger partial charge < -0.3 is 15.0 Å². The van der Waals surface area contributed by atoms with Crippen molar-refractivity contribution >= 4 is 5.91 Å². The van der Waals surface area contributed by atoms with E-state index in [0.29, 0.717) is 13.2 Å². The molecule has 2 aliphatic carbocycles. The minimum Gasteiger partial charge on any atom is -0.493 e. The summed E-state index contributed by atoms with van der Waals surface area (Å²) in [6.45, 7) is 4.98. The number of ether oxygens (including phenoxy) is 1. The second-order valence-corrected chi connectivity index (χ2v) is 7.33. The summed E-state index contributed by atoms with van der Waals surface area (Å²) < 4.78 is 6.25. The van der Waals surface area contributed by atoms with Crippen molar-refractivity contribution < 1.29 is 9.53 Å². The molecule has 2 rings (SSSR count). The molecule has 4 nitrogen and oxygen atoms in total. The first-order valence-corrected chi connectivity index (χ1v) is 10.2. The zero-order valence-corrected chi connectivity index (χ0v) is 17.8. The molecule has 0 radical (unpaired) electrons. The molecule has 0 aromatic rings. The maximum Gasteiger partial charge on any atom is 0.219 e. The molecule has 0 aliphatic heterocycles. The standard InChI is InChI=1S/C24H34N2O2/c1-19-11-7-5-6-8-12-21(19)15-16-28-24-17-23(25-3)14-10-9-13-22(24)18-26(4)20(2)27/h5-6,8,12-14,17,25H,7,9-11,15-16,18H2,1-4H3/b6-5+,12-8?,21-19?,22-13+,23-14?,24-17?. The van der Waals surface area contributed by atoms with E-state index in [1.165, 1.54) is 11.1 Å². The highest BCUT2D eigenvalue weighted by atomic mass is 16.5. The fraction of sp³-hybridized carbons (Fsp3) is 0.458. The first kappa shape index (κ1) is 21.8. The largest absolute Gasteiger partial charge is 0.493 e. The first-order chi connectivity index (χ1) is 13.5. The molecule has 28 heavy (non-hydrogen) atoms. The predicted octanol–water partition coefficient (Wildman–Crippen LogP) is 4.80. The van der Waals surface area contributed by atoms with E-state index in [4.69, 9.17) is 4.74 Å². The van der Waals surface area contributed by atoms with Gasteiger partial charge in [0, 0.05) is 51.3 Å². The van der Waals surface area contributed by atoms with Crippen molar-refractivity contribution in [3.8, 4) is 0 Å². The summed E-state index contributed by atoms with van der Waals surface area (Å²) in [5.41, 5.74) is 4.91. The molecule has 1 amide bonds. The lowest BCUT2D eigenvalue weighted by Gasteiger charge is -2.22. The van der Waals surface area contributed by atoms with E-state index in [2.05, 4.69) is 54.8 Å². The van der Waals surface area contributed by atoms with Gasteiger partial charge in [0.05, 0.1) is 6.61 Å². The summed E-state index contributed by atoms with van der Waals surface area (Å²) in [4.78, 5) is 13.4. The van der Waals surface area contributed by atoms with Gasteiger partial charge in [-0.05, 0) is 38.2 Å². The fourth-order valence-electron chi connectivity index (χ4n) is 3.22. The Morgan fingerprint density at radius 3 is 2.75 bits per heavy atom. The van der Waals surface area contributed by atoms with Gasteiger partial charge in [0.2, 0.25) is 5.91 Å². The Balaban J connectivity index is 2.13. The van der Waals surface area contributed by atoms with Crippen LogP contribution in [-0.2, 0) is 9.53 Å². The van der Waals surface area contributed by atoms with Crippen LogP contribution in [0.15, 0.2) is 70.7 Å². The van der Waals surface area contributed by atoms with E-state index in [9.17, 15) is 4.79 Å². The van der Waals surface area contributed by atoms with Crippen LogP contribution in [0.5, 0.6) is 0 Å². The lowest BCUT2D eigenvalue weighted by Crippen LogP contribution is -2.27. The van der Waals surface area contributed by atoms with Crippen LogP contribution in [-0.4, -0.2) is 38.1 Å². The third kappa shape index (κ3) is 6.91. The summed E-state index contributed by atoms with van der Waals surface area (Å²) >= 11 is 0. The number of hydrogen-bond acceptors (Lipinski definition) is 3. The summed E-state index contributed by atoms with van der Waals surface area (Å²) in [6, 6.07) is 0. The molecule has 0 heterocycles. The molecule has 4 heteroatoms. The van der Waals surface area contributed by atoms with Crippen LogP contribution in [0.1, 0.15) is 46.0 Å². The molecule has 0 saturated heterocycles. The highest BCUT2D eigenvalue weighted by Crippen LogP contribution is 2.22. The Morgan fingerprint density at radius 1 is 1.21 bits per heavy atom. The van der Waals surface area contributed by atoms with E-state index >= 15 is 0 Å². The van der Waals surface area contributed by atoms with Gasteiger partial charge in [-0.1, -0.05) is 42.0 Å². The Labute approximate surface area is 170 Å². The second-order valence-electron chi connectivity index (χ2n) is 7.33. The average Bonchev–Trinajstić information content (AvgIpc) is 2.65.